The number of aromatic amines is 1. The van der Waals surface area contributed by atoms with Crippen LogP contribution in [0.3, 0.4) is 0 Å². The van der Waals surface area contributed by atoms with Gasteiger partial charge in [-0.2, -0.15) is 0 Å². The lowest BCUT2D eigenvalue weighted by molar-refractivity contribution is 0.0929. The van der Waals surface area contributed by atoms with Gasteiger partial charge in [0.15, 0.2) is 0 Å². The highest BCUT2D eigenvalue weighted by molar-refractivity contribution is 5.90. The van der Waals surface area contributed by atoms with E-state index in [2.05, 4.69) is 34.3 Å². The van der Waals surface area contributed by atoms with Crippen LogP contribution in [0.5, 0.6) is 0 Å². The lowest BCUT2D eigenvalue weighted by Gasteiger charge is -2.19. The smallest absolute Gasteiger partial charge is 0.290 e. The van der Waals surface area contributed by atoms with Crippen molar-refractivity contribution in [3.63, 3.8) is 0 Å². The van der Waals surface area contributed by atoms with Gasteiger partial charge in [0.2, 0.25) is 5.82 Å². The molecule has 0 aliphatic heterocycles. The van der Waals surface area contributed by atoms with Gasteiger partial charge in [0.25, 0.3) is 5.91 Å². The van der Waals surface area contributed by atoms with Crippen molar-refractivity contribution in [1.29, 1.82) is 0 Å². The van der Waals surface area contributed by atoms with Gasteiger partial charge in [0.1, 0.15) is 5.82 Å². The van der Waals surface area contributed by atoms with Gasteiger partial charge in [0, 0.05) is 12.5 Å². The quantitative estimate of drug-likeness (QED) is 0.840. The fraction of sp³-hybridized carbons (Fsp3) is 0.769. The maximum absolute atomic E-state index is 11.9. The lowest BCUT2D eigenvalue weighted by Crippen LogP contribution is -2.33. The van der Waals surface area contributed by atoms with Gasteiger partial charge in [-0.1, -0.05) is 27.7 Å². The predicted molar refractivity (Wildman–Crippen MR) is 69.3 cm³/mol. The molecule has 0 spiro atoms. The van der Waals surface area contributed by atoms with E-state index < -0.39 is 0 Å². The zero-order chi connectivity index (χ0) is 13.3. The summed E-state index contributed by atoms with van der Waals surface area (Å²) >= 11 is 0. The van der Waals surface area contributed by atoms with Gasteiger partial charge < -0.3 is 5.32 Å². The number of carbonyl (C=O) groups is 1. The van der Waals surface area contributed by atoms with Gasteiger partial charge >= 0.3 is 0 Å². The minimum Gasteiger partial charge on any atom is -0.349 e. The van der Waals surface area contributed by atoms with Gasteiger partial charge in [-0.05, 0) is 24.2 Å². The molecule has 1 amide bonds. The van der Waals surface area contributed by atoms with Crippen LogP contribution >= 0.6 is 0 Å². The van der Waals surface area contributed by atoms with Crippen molar-refractivity contribution >= 4 is 5.91 Å². The van der Waals surface area contributed by atoms with Crippen molar-refractivity contribution < 1.29 is 4.79 Å². The second-order valence-corrected chi connectivity index (χ2v) is 5.90. The number of hydrogen-bond acceptors (Lipinski definition) is 3. The van der Waals surface area contributed by atoms with E-state index in [0.717, 1.165) is 12.4 Å². The van der Waals surface area contributed by atoms with Crippen LogP contribution in [0.4, 0.5) is 0 Å². The molecule has 0 atom stereocenters. The maximum atomic E-state index is 11.9. The topological polar surface area (TPSA) is 70.7 Å². The van der Waals surface area contributed by atoms with Gasteiger partial charge in [-0.3, -0.25) is 9.89 Å². The molecule has 0 bridgehead atoms. The van der Waals surface area contributed by atoms with Crippen LogP contribution in [0.1, 0.15) is 62.9 Å². The van der Waals surface area contributed by atoms with Crippen molar-refractivity contribution in [2.45, 2.75) is 46.5 Å². The molecule has 2 rings (SSSR count). The predicted octanol–water partition coefficient (Wildman–Crippen LogP) is 2.09. The molecule has 5 heteroatoms. The molecule has 0 unspecified atom stereocenters. The molecular weight excluding hydrogens is 228 g/mol. The molecule has 5 nitrogen and oxygen atoms in total. The lowest BCUT2D eigenvalue weighted by atomic mass is 9.92. The molecule has 100 valence electrons. The molecule has 1 aromatic rings. The van der Waals surface area contributed by atoms with Crippen molar-refractivity contribution in [3.8, 4) is 0 Å². The van der Waals surface area contributed by atoms with Crippen LogP contribution in [-0.4, -0.2) is 27.6 Å². The first-order valence-corrected chi connectivity index (χ1v) is 6.65. The highest BCUT2D eigenvalue weighted by Gasteiger charge is 2.45. The highest BCUT2D eigenvalue weighted by Crippen LogP contribution is 2.51. The zero-order valence-corrected chi connectivity index (χ0v) is 11.6. The molecule has 1 fully saturated rings. The standard InChI is InChI=1S/C13H22N4O/c1-8(2)10-15-11(17-16-10)12(18)14-7-13(5-6-13)9(3)4/h8-9H,5-7H2,1-4H3,(H,14,18)(H,15,16,17). The number of hydrogen-bond donors (Lipinski definition) is 2. The summed E-state index contributed by atoms with van der Waals surface area (Å²) in [5, 5.41) is 9.71. The molecule has 0 aromatic carbocycles. The van der Waals surface area contributed by atoms with Crippen LogP contribution in [0, 0.1) is 11.3 Å². The number of carbonyl (C=O) groups excluding carboxylic acids is 1. The molecule has 1 aliphatic carbocycles. The van der Waals surface area contributed by atoms with Crippen molar-refractivity contribution in [2.75, 3.05) is 6.54 Å². The molecule has 0 saturated heterocycles. The van der Waals surface area contributed by atoms with E-state index in [9.17, 15) is 4.79 Å². The fourth-order valence-corrected chi connectivity index (χ4v) is 2.09. The summed E-state index contributed by atoms with van der Waals surface area (Å²) in [6.45, 7) is 9.18. The first kappa shape index (κ1) is 13.1. The third-order valence-corrected chi connectivity index (χ3v) is 3.97. The first-order valence-electron chi connectivity index (χ1n) is 6.65. The summed E-state index contributed by atoms with van der Waals surface area (Å²) in [6, 6.07) is 0. The third kappa shape index (κ3) is 2.54. The maximum Gasteiger partial charge on any atom is 0.290 e. The number of nitrogens with zero attached hydrogens (tertiary/aromatic N) is 2. The monoisotopic (exact) mass is 250 g/mol. The molecule has 1 heterocycles. The number of H-pyrrole nitrogens is 1. The summed E-state index contributed by atoms with van der Waals surface area (Å²) < 4.78 is 0. The minimum atomic E-state index is -0.176. The van der Waals surface area contributed by atoms with E-state index in [0.29, 0.717) is 11.3 Å². The zero-order valence-electron chi connectivity index (χ0n) is 11.6. The fourth-order valence-electron chi connectivity index (χ4n) is 2.09. The van der Waals surface area contributed by atoms with Crippen molar-refractivity contribution in [3.05, 3.63) is 11.6 Å². The third-order valence-electron chi connectivity index (χ3n) is 3.97. The van der Waals surface area contributed by atoms with E-state index in [4.69, 9.17) is 0 Å². The number of amides is 1. The van der Waals surface area contributed by atoms with Crippen molar-refractivity contribution in [1.82, 2.24) is 20.5 Å². The van der Waals surface area contributed by atoms with Crippen LogP contribution in [0.25, 0.3) is 0 Å². The summed E-state index contributed by atoms with van der Waals surface area (Å²) in [4.78, 5) is 16.1. The van der Waals surface area contributed by atoms with Crippen molar-refractivity contribution in [2.24, 2.45) is 11.3 Å². The Hall–Kier alpha value is -1.39. The Kier molecular flexibility index (Phi) is 3.41. The Bertz CT molecular complexity index is 432. The second kappa shape index (κ2) is 4.71. The van der Waals surface area contributed by atoms with Gasteiger partial charge in [-0.25, -0.2) is 4.98 Å². The Morgan fingerprint density at radius 3 is 2.50 bits per heavy atom. The van der Waals surface area contributed by atoms with Crippen LogP contribution in [-0.2, 0) is 0 Å². The number of nitrogens with one attached hydrogen (secondary N) is 2. The average molecular weight is 250 g/mol. The summed E-state index contributed by atoms with van der Waals surface area (Å²) in [7, 11) is 0. The van der Waals surface area contributed by atoms with Gasteiger partial charge in [0.05, 0.1) is 0 Å². The molecule has 1 aromatic heterocycles. The number of aromatic nitrogens is 3. The Morgan fingerprint density at radius 1 is 1.39 bits per heavy atom. The highest BCUT2D eigenvalue weighted by atomic mass is 16.2. The average Bonchev–Trinajstić information content (AvgIpc) is 2.94. The van der Waals surface area contributed by atoms with Gasteiger partial charge in [-0.15, -0.1) is 5.10 Å². The first-order chi connectivity index (χ1) is 8.44. The number of rotatable bonds is 5. The Balaban J connectivity index is 1.92. The second-order valence-electron chi connectivity index (χ2n) is 5.90. The van der Waals surface area contributed by atoms with E-state index in [1.165, 1.54) is 12.8 Å². The molecular formula is C13H22N4O. The summed E-state index contributed by atoms with van der Waals surface area (Å²) in [5.74, 6) is 1.69. The molecule has 2 N–H and O–H groups in total. The largest absolute Gasteiger partial charge is 0.349 e. The van der Waals surface area contributed by atoms with E-state index >= 15 is 0 Å². The van der Waals surface area contributed by atoms with Crippen LogP contribution < -0.4 is 5.32 Å². The molecule has 18 heavy (non-hydrogen) atoms. The van der Waals surface area contributed by atoms with Crippen LogP contribution in [0.2, 0.25) is 0 Å². The summed E-state index contributed by atoms with van der Waals surface area (Å²) in [5.41, 5.74) is 0.312. The molecule has 1 aliphatic rings. The minimum absolute atomic E-state index is 0.176. The normalized spacial score (nSPS) is 17.2. The Morgan fingerprint density at radius 2 is 2.06 bits per heavy atom. The van der Waals surface area contributed by atoms with E-state index in [-0.39, 0.29) is 17.6 Å². The molecule has 0 radical (unpaired) electrons. The summed E-state index contributed by atoms with van der Waals surface area (Å²) in [6.07, 6.45) is 2.41. The van der Waals surface area contributed by atoms with Crippen LogP contribution in [0.15, 0.2) is 0 Å². The van der Waals surface area contributed by atoms with E-state index in [1.54, 1.807) is 0 Å². The Labute approximate surface area is 108 Å². The van der Waals surface area contributed by atoms with E-state index in [1.807, 2.05) is 13.8 Å². The molecule has 1 saturated carbocycles. The SMILES string of the molecule is CC(C)c1nc(C(=O)NCC2(C(C)C)CC2)n[nH]1.